The van der Waals surface area contributed by atoms with Gasteiger partial charge in [-0.3, -0.25) is 4.79 Å². The Labute approximate surface area is 185 Å². The van der Waals surface area contributed by atoms with Crippen molar-refractivity contribution in [2.24, 2.45) is 0 Å². The molecule has 0 atom stereocenters. The third-order valence-electron chi connectivity index (χ3n) is 6.36. The Balaban J connectivity index is 1.36. The van der Waals surface area contributed by atoms with Gasteiger partial charge in [-0.15, -0.1) is 0 Å². The highest BCUT2D eigenvalue weighted by atomic mass is 35.5. The number of rotatable bonds is 5. The van der Waals surface area contributed by atoms with E-state index in [1.165, 1.54) is 6.20 Å². The average molecular weight is 445 g/mol. The van der Waals surface area contributed by atoms with Gasteiger partial charge in [0.25, 0.3) is 5.91 Å². The van der Waals surface area contributed by atoms with E-state index in [1.54, 1.807) is 0 Å². The maximum atomic E-state index is 13.1. The smallest absolute Gasteiger partial charge is 0.271 e. The molecule has 164 valence electrons. The van der Waals surface area contributed by atoms with Gasteiger partial charge in [0.05, 0.1) is 11.2 Å². The summed E-state index contributed by atoms with van der Waals surface area (Å²) in [6, 6.07) is 6.00. The largest absolute Gasteiger partial charge is 0.454 e. The van der Waals surface area contributed by atoms with Crippen LogP contribution in [-0.2, 0) is 10.2 Å². The van der Waals surface area contributed by atoms with Crippen molar-refractivity contribution in [1.29, 1.82) is 0 Å². The van der Waals surface area contributed by atoms with Crippen LogP contribution in [0.15, 0.2) is 24.4 Å². The number of aromatic nitrogens is 2. The third kappa shape index (κ3) is 4.02. The normalized spacial score (nSPS) is 19.5. The molecule has 5 rings (SSSR count). The number of ether oxygens (including phenoxy) is 3. The molecule has 2 aromatic rings. The molecule has 2 fully saturated rings. The maximum absolute atomic E-state index is 13.1. The van der Waals surface area contributed by atoms with E-state index in [4.69, 9.17) is 25.8 Å². The zero-order valence-corrected chi connectivity index (χ0v) is 18.0. The molecule has 0 spiro atoms. The molecule has 9 heteroatoms. The van der Waals surface area contributed by atoms with Gasteiger partial charge in [-0.1, -0.05) is 17.7 Å². The van der Waals surface area contributed by atoms with Crippen molar-refractivity contribution in [2.75, 3.05) is 44.5 Å². The number of nitrogens with one attached hydrogen (secondary N) is 1. The number of hydrogen-bond acceptors (Lipinski definition) is 7. The highest BCUT2D eigenvalue weighted by molar-refractivity contribution is 6.33. The lowest BCUT2D eigenvalue weighted by Crippen LogP contribution is -2.44. The number of halogens is 1. The molecule has 1 N–H and O–H groups in total. The Hall–Kier alpha value is -2.58. The van der Waals surface area contributed by atoms with Gasteiger partial charge < -0.3 is 24.4 Å². The van der Waals surface area contributed by atoms with Gasteiger partial charge in [-0.05, 0) is 43.4 Å². The molecule has 3 aliphatic heterocycles. The van der Waals surface area contributed by atoms with E-state index in [1.807, 2.05) is 18.2 Å². The fraction of sp³-hybridized carbons (Fsp3) is 0.500. The minimum absolute atomic E-state index is 0.214. The Morgan fingerprint density at radius 2 is 1.94 bits per heavy atom. The van der Waals surface area contributed by atoms with Gasteiger partial charge in [0.15, 0.2) is 17.2 Å². The zero-order chi connectivity index (χ0) is 21.3. The lowest BCUT2D eigenvalue weighted by molar-refractivity contribution is 0.0486. The van der Waals surface area contributed by atoms with Crippen LogP contribution in [0.4, 0.5) is 5.95 Å². The Morgan fingerprint density at radius 3 is 2.74 bits per heavy atom. The molecule has 1 aromatic heterocycles. The van der Waals surface area contributed by atoms with Crippen LogP contribution in [0.2, 0.25) is 5.02 Å². The molecule has 0 radical (unpaired) electrons. The minimum atomic E-state index is -0.292. The number of nitrogens with zero attached hydrogens (tertiary/aromatic N) is 3. The first kappa shape index (κ1) is 20.3. The van der Waals surface area contributed by atoms with Crippen LogP contribution in [0.5, 0.6) is 11.5 Å². The quantitative estimate of drug-likeness (QED) is 0.758. The van der Waals surface area contributed by atoms with Gasteiger partial charge >= 0.3 is 0 Å². The number of amides is 1. The van der Waals surface area contributed by atoms with E-state index < -0.39 is 0 Å². The fourth-order valence-electron chi connectivity index (χ4n) is 4.48. The van der Waals surface area contributed by atoms with Crippen LogP contribution < -0.4 is 19.7 Å². The third-order valence-corrected chi connectivity index (χ3v) is 6.63. The van der Waals surface area contributed by atoms with Crippen molar-refractivity contribution in [3.8, 4) is 11.5 Å². The SMILES string of the molecule is O=C(NCC1(c2ccc3c(c2)OCO3)CCOCC1)c1nc(N2CCCC2)ncc1Cl. The number of carbonyl (C=O) groups excluding carboxylic acids is 1. The molecule has 31 heavy (non-hydrogen) atoms. The first-order chi connectivity index (χ1) is 15.1. The minimum Gasteiger partial charge on any atom is -0.454 e. The summed E-state index contributed by atoms with van der Waals surface area (Å²) in [5.41, 5.74) is 1.06. The Kier molecular flexibility index (Phi) is 5.58. The van der Waals surface area contributed by atoms with Gasteiger partial charge in [0, 0.05) is 38.3 Å². The van der Waals surface area contributed by atoms with E-state index in [9.17, 15) is 4.79 Å². The topological polar surface area (TPSA) is 85.8 Å². The van der Waals surface area contributed by atoms with Gasteiger partial charge in [-0.25, -0.2) is 9.97 Å². The summed E-state index contributed by atoms with van der Waals surface area (Å²) in [5, 5.41) is 3.33. The summed E-state index contributed by atoms with van der Waals surface area (Å²) >= 11 is 6.28. The molecule has 0 unspecified atom stereocenters. The second-order valence-corrected chi connectivity index (χ2v) is 8.61. The number of anilines is 1. The number of benzene rings is 1. The number of fused-ring (bicyclic) bond motifs is 1. The summed E-state index contributed by atoms with van der Waals surface area (Å²) in [6.45, 7) is 3.76. The number of carbonyl (C=O) groups is 1. The molecule has 0 saturated carbocycles. The van der Waals surface area contributed by atoms with E-state index in [0.717, 1.165) is 55.8 Å². The Bertz CT molecular complexity index is 974. The molecule has 4 heterocycles. The van der Waals surface area contributed by atoms with Crippen molar-refractivity contribution in [3.05, 3.63) is 40.7 Å². The molecule has 2 saturated heterocycles. The van der Waals surface area contributed by atoms with Crippen LogP contribution in [0.25, 0.3) is 0 Å². The monoisotopic (exact) mass is 444 g/mol. The van der Waals surface area contributed by atoms with Crippen molar-refractivity contribution in [2.45, 2.75) is 31.1 Å². The van der Waals surface area contributed by atoms with Gasteiger partial charge in [0.2, 0.25) is 12.7 Å². The van der Waals surface area contributed by atoms with E-state index >= 15 is 0 Å². The summed E-state index contributed by atoms with van der Waals surface area (Å²) in [6.07, 6.45) is 5.31. The Morgan fingerprint density at radius 1 is 1.16 bits per heavy atom. The number of hydrogen-bond donors (Lipinski definition) is 1. The molecular weight excluding hydrogens is 420 g/mol. The van der Waals surface area contributed by atoms with Crippen LogP contribution in [-0.4, -0.2) is 55.5 Å². The van der Waals surface area contributed by atoms with Gasteiger partial charge in [-0.2, -0.15) is 0 Å². The van der Waals surface area contributed by atoms with Crippen molar-refractivity contribution >= 4 is 23.5 Å². The standard InChI is InChI=1S/C22H25ClN4O4/c23-16-12-24-21(27-7-1-2-8-27)26-19(16)20(28)25-13-22(5-9-29-10-6-22)15-3-4-17-18(11-15)31-14-30-17/h3-4,11-12H,1-2,5-10,13-14H2,(H,25,28). The maximum Gasteiger partial charge on any atom is 0.271 e. The van der Waals surface area contributed by atoms with E-state index in [0.29, 0.717) is 25.7 Å². The molecule has 8 nitrogen and oxygen atoms in total. The lowest BCUT2D eigenvalue weighted by Gasteiger charge is -2.38. The molecule has 3 aliphatic rings. The van der Waals surface area contributed by atoms with Crippen molar-refractivity contribution in [1.82, 2.24) is 15.3 Å². The van der Waals surface area contributed by atoms with Crippen LogP contribution in [0.3, 0.4) is 0 Å². The second kappa shape index (κ2) is 8.51. The summed E-state index contributed by atoms with van der Waals surface area (Å²) < 4.78 is 16.6. The average Bonchev–Trinajstić information content (AvgIpc) is 3.50. The molecule has 1 amide bonds. The van der Waals surface area contributed by atoms with Crippen molar-refractivity contribution in [3.63, 3.8) is 0 Å². The van der Waals surface area contributed by atoms with E-state index in [2.05, 4.69) is 20.2 Å². The highest BCUT2D eigenvalue weighted by Crippen LogP contribution is 2.40. The van der Waals surface area contributed by atoms with Crippen LogP contribution in [0, 0.1) is 0 Å². The molecule has 0 bridgehead atoms. The summed E-state index contributed by atoms with van der Waals surface area (Å²) in [7, 11) is 0. The zero-order valence-electron chi connectivity index (χ0n) is 17.2. The molecule has 0 aliphatic carbocycles. The predicted octanol–water partition coefficient (Wildman–Crippen LogP) is 2.94. The first-order valence-corrected chi connectivity index (χ1v) is 11.1. The fourth-order valence-corrected chi connectivity index (χ4v) is 4.65. The van der Waals surface area contributed by atoms with Crippen LogP contribution >= 0.6 is 11.6 Å². The summed E-state index contributed by atoms with van der Waals surface area (Å²) in [4.78, 5) is 23.9. The van der Waals surface area contributed by atoms with Gasteiger partial charge in [0.1, 0.15) is 0 Å². The van der Waals surface area contributed by atoms with Crippen LogP contribution in [0.1, 0.15) is 41.7 Å². The highest BCUT2D eigenvalue weighted by Gasteiger charge is 2.36. The first-order valence-electron chi connectivity index (χ1n) is 10.7. The summed E-state index contributed by atoms with van der Waals surface area (Å²) in [5.74, 6) is 1.75. The molecular formula is C22H25ClN4O4. The second-order valence-electron chi connectivity index (χ2n) is 8.20. The predicted molar refractivity (Wildman–Crippen MR) is 115 cm³/mol. The molecule has 1 aromatic carbocycles. The van der Waals surface area contributed by atoms with Crippen molar-refractivity contribution < 1.29 is 19.0 Å². The lowest BCUT2D eigenvalue weighted by atomic mass is 9.74. The van der Waals surface area contributed by atoms with E-state index in [-0.39, 0.29) is 28.8 Å².